The molecule has 192 valence electrons. The molecule has 0 aliphatic carbocycles. The second-order valence-corrected chi connectivity index (χ2v) is 9.93. The quantitative estimate of drug-likeness (QED) is 0.246. The van der Waals surface area contributed by atoms with Gasteiger partial charge in [0, 0.05) is 16.3 Å². The van der Waals surface area contributed by atoms with Gasteiger partial charge in [0.25, 0.3) is 0 Å². The van der Waals surface area contributed by atoms with E-state index in [9.17, 15) is 14.9 Å². The molecule has 1 aliphatic rings. The predicted molar refractivity (Wildman–Crippen MR) is 149 cm³/mol. The predicted octanol–water partition coefficient (Wildman–Crippen LogP) is 6.40. The molecule has 1 heterocycles. The number of hydrogen-bond donors (Lipinski definition) is 1. The largest absolute Gasteiger partial charge is 0.497 e. The number of halogens is 1. The van der Waals surface area contributed by atoms with Gasteiger partial charge in [-0.25, -0.2) is 4.79 Å². The number of methoxy groups -OCH3 is 1. The summed E-state index contributed by atoms with van der Waals surface area (Å²) in [6.45, 7) is 1.87. The second kappa shape index (κ2) is 12.5. The molecule has 0 fully saturated rings. The van der Waals surface area contributed by atoms with Gasteiger partial charge >= 0.3 is 5.97 Å². The smallest absolute Gasteiger partial charge is 0.337 e. The number of carbonyl (C=O) groups is 2. The summed E-state index contributed by atoms with van der Waals surface area (Å²) in [6.07, 6.45) is 0. The van der Waals surface area contributed by atoms with Crippen LogP contribution in [0.3, 0.4) is 0 Å². The Bertz CT molecular complexity index is 1430. The minimum atomic E-state index is -0.680. The van der Waals surface area contributed by atoms with Crippen molar-refractivity contribution >= 4 is 35.1 Å². The third-order valence-corrected chi connectivity index (χ3v) is 7.31. The SMILES string of the molecule is COc1ccc(C(=O)CSC2=C(C#N)[C@@H](c3ccc(Cl)cc3)C(C(=O)OCc3ccccc3)=C(C)N2)cc1. The Morgan fingerprint density at radius 3 is 2.34 bits per heavy atom. The maximum atomic E-state index is 13.4. The highest BCUT2D eigenvalue weighted by Crippen LogP contribution is 2.41. The average Bonchev–Trinajstić information content (AvgIpc) is 2.95. The summed E-state index contributed by atoms with van der Waals surface area (Å²) < 4.78 is 10.8. The molecule has 38 heavy (non-hydrogen) atoms. The van der Waals surface area contributed by atoms with Crippen LogP contribution in [0.2, 0.25) is 5.02 Å². The lowest BCUT2D eigenvalue weighted by molar-refractivity contribution is -0.140. The lowest BCUT2D eigenvalue weighted by Crippen LogP contribution is -2.29. The minimum absolute atomic E-state index is 0.0954. The number of esters is 1. The molecule has 3 aromatic carbocycles. The van der Waals surface area contributed by atoms with E-state index in [0.717, 1.165) is 11.1 Å². The molecular formula is C30H25ClN2O4S. The molecule has 1 N–H and O–H groups in total. The van der Waals surface area contributed by atoms with Crippen LogP contribution in [0.15, 0.2) is 101 Å². The van der Waals surface area contributed by atoms with Crippen LogP contribution in [-0.2, 0) is 16.1 Å². The molecule has 4 rings (SSSR count). The van der Waals surface area contributed by atoms with Crippen LogP contribution in [0.5, 0.6) is 5.75 Å². The lowest BCUT2D eigenvalue weighted by Gasteiger charge is -2.29. The molecule has 6 nitrogen and oxygen atoms in total. The number of thioether (sulfide) groups is 1. The van der Waals surface area contributed by atoms with Crippen molar-refractivity contribution in [2.45, 2.75) is 19.4 Å². The molecule has 0 saturated heterocycles. The third kappa shape index (κ3) is 6.28. The molecule has 0 aromatic heterocycles. The average molecular weight is 545 g/mol. The molecule has 0 bridgehead atoms. The number of hydrogen-bond acceptors (Lipinski definition) is 7. The van der Waals surface area contributed by atoms with Crippen LogP contribution in [0, 0.1) is 11.3 Å². The second-order valence-electron chi connectivity index (χ2n) is 8.50. The maximum absolute atomic E-state index is 13.4. The number of benzene rings is 3. The number of allylic oxidation sites excluding steroid dienone is 2. The molecule has 0 saturated carbocycles. The van der Waals surface area contributed by atoms with Crippen molar-refractivity contribution in [3.8, 4) is 11.8 Å². The van der Waals surface area contributed by atoms with Gasteiger partial charge < -0.3 is 14.8 Å². The van der Waals surface area contributed by atoms with Gasteiger partial charge in [-0.05, 0) is 54.4 Å². The summed E-state index contributed by atoms with van der Waals surface area (Å²) >= 11 is 7.34. The summed E-state index contributed by atoms with van der Waals surface area (Å²) in [5.41, 5.74) is 3.34. The first-order valence-electron chi connectivity index (χ1n) is 11.8. The first-order chi connectivity index (χ1) is 18.4. The highest BCUT2D eigenvalue weighted by molar-refractivity contribution is 8.03. The van der Waals surface area contributed by atoms with Crippen molar-refractivity contribution in [3.05, 3.63) is 122 Å². The lowest BCUT2D eigenvalue weighted by atomic mass is 9.82. The van der Waals surface area contributed by atoms with Gasteiger partial charge in [-0.15, -0.1) is 0 Å². The van der Waals surface area contributed by atoms with E-state index in [1.807, 2.05) is 30.3 Å². The Morgan fingerprint density at radius 2 is 1.71 bits per heavy atom. The normalized spacial score (nSPS) is 14.9. The molecule has 0 radical (unpaired) electrons. The number of nitriles is 1. The van der Waals surface area contributed by atoms with E-state index in [4.69, 9.17) is 21.1 Å². The Labute approximate surface area is 230 Å². The zero-order valence-electron chi connectivity index (χ0n) is 20.9. The standard InChI is InChI=1S/C30H25ClN2O4S/c1-19-27(30(35)37-17-20-6-4-3-5-7-20)28(22-8-12-23(31)13-9-22)25(16-32)29(33-19)38-18-26(34)21-10-14-24(36-2)15-11-21/h3-15,28,33H,17-18H2,1-2H3/t28-/m1/s1. The summed E-state index contributed by atoms with van der Waals surface area (Å²) in [5.74, 6) is -0.531. The van der Waals surface area contributed by atoms with Crippen LogP contribution in [-0.4, -0.2) is 24.6 Å². The highest BCUT2D eigenvalue weighted by atomic mass is 35.5. The van der Waals surface area contributed by atoms with E-state index in [1.54, 1.807) is 62.6 Å². The van der Waals surface area contributed by atoms with Crippen LogP contribution in [0.4, 0.5) is 0 Å². The fourth-order valence-corrected chi connectivity index (χ4v) is 5.20. The van der Waals surface area contributed by atoms with Gasteiger partial charge in [0.05, 0.1) is 41.0 Å². The number of Topliss-reactive ketones (excluding diaryl/α,β-unsaturated/α-hetero) is 1. The molecule has 0 unspecified atom stereocenters. The van der Waals surface area contributed by atoms with Crippen molar-refractivity contribution < 1.29 is 19.1 Å². The monoisotopic (exact) mass is 544 g/mol. The van der Waals surface area contributed by atoms with E-state index >= 15 is 0 Å². The summed E-state index contributed by atoms with van der Waals surface area (Å²) in [7, 11) is 1.57. The Morgan fingerprint density at radius 1 is 1.03 bits per heavy atom. The molecule has 8 heteroatoms. The van der Waals surface area contributed by atoms with Gasteiger partial charge in [-0.1, -0.05) is 65.8 Å². The van der Waals surface area contributed by atoms with Crippen molar-refractivity contribution in [2.24, 2.45) is 0 Å². The maximum Gasteiger partial charge on any atom is 0.337 e. The Hall–Kier alpha value is -3.99. The van der Waals surface area contributed by atoms with E-state index in [2.05, 4.69) is 11.4 Å². The van der Waals surface area contributed by atoms with E-state index in [1.165, 1.54) is 11.8 Å². The van der Waals surface area contributed by atoms with E-state index in [0.29, 0.717) is 38.2 Å². The van der Waals surface area contributed by atoms with Crippen molar-refractivity contribution in [1.82, 2.24) is 5.32 Å². The number of ether oxygens (including phenoxy) is 2. The number of nitrogens with one attached hydrogen (secondary N) is 1. The molecular weight excluding hydrogens is 520 g/mol. The molecule has 0 amide bonds. The number of dihydropyridines is 1. The van der Waals surface area contributed by atoms with Gasteiger partial charge in [0.1, 0.15) is 12.4 Å². The summed E-state index contributed by atoms with van der Waals surface area (Å²) in [6, 6.07) is 25.5. The topological polar surface area (TPSA) is 88.4 Å². The first kappa shape index (κ1) is 27.1. The van der Waals surface area contributed by atoms with E-state index < -0.39 is 11.9 Å². The Balaban J connectivity index is 1.61. The molecule has 1 aliphatic heterocycles. The zero-order valence-corrected chi connectivity index (χ0v) is 22.4. The van der Waals surface area contributed by atoms with Crippen molar-refractivity contribution in [1.29, 1.82) is 5.26 Å². The fraction of sp³-hybridized carbons (Fsp3) is 0.167. The van der Waals surface area contributed by atoms with Crippen molar-refractivity contribution in [3.63, 3.8) is 0 Å². The van der Waals surface area contributed by atoms with Gasteiger partial charge in [-0.3, -0.25) is 4.79 Å². The van der Waals surface area contributed by atoms with Crippen LogP contribution >= 0.6 is 23.4 Å². The molecule has 0 spiro atoms. The zero-order chi connectivity index (χ0) is 27.1. The molecule has 1 atom stereocenters. The highest BCUT2D eigenvalue weighted by Gasteiger charge is 2.35. The number of rotatable bonds is 9. The summed E-state index contributed by atoms with van der Waals surface area (Å²) in [5, 5.41) is 14.5. The number of carbonyl (C=O) groups excluding carboxylic acids is 2. The van der Waals surface area contributed by atoms with Gasteiger partial charge in [0.2, 0.25) is 0 Å². The van der Waals surface area contributed by atoms with E-state index in [-0.39, 0.29) is 18.1 Å². The Kier molecular flexibility index (Phi) is 8.90. The molecule has 3 aromatic rings. The number of ketones is 1. The first-order valence-corrected chi connectivity index (χ1v) is 13.2. The van der Waals surface area contributed by atoms with Crippen LogP contribution in [0.25, 0.3) is 0 Å². The van der Waals surface area contributed by atoms with Crippen LogP contribution < -0.4 is 10.1 Å². The third-order valence-electron chi connectivity index (χ3n) is 6.04. The fourth-order valence-electron chi connectivity index (χ4n) is 4.08. The van der Waals surface area contributed by atoms with Gasteiger partial charge in [0.15, 0.2) is 5.78 Å². The van der Waals surface area contributed by atoms with Crippen LogP contribution in [0.1, 0.15) is 34.3 Å². The number of nitrogens with zero attached hydrogens (tertiary/aromatic N) is 1. The van der Waals surface area contributed by atoms with Gasteiger partial charge in [-0.2, -0.15) is 5.26 Å². The minimum Gasteiger partial charge on any atom is -0.497 e. The van der Waals surface area contributed by atoms with Crippen molar-refractivity contribution in [2.75, 3.05) is 12.9 Å². The summed E-state index contributed by atoms with van der Waals surface area (Å²) in [4.78, 5) is 26.2.